The third-order valence-electron chi connectivity index (χ3n) is 4.73. The van der Waals surface area contributed by atoms with Crippen molar-refractivity contribution in [1.29, 1.82) is 0 Å². The molecule has 0 unspecified atom stereocenters. The number of rotatable bonds is 4. The molecule has 146 valence electrons. The summed E-state index contributed by atoms with van der Waals surface area (Å²) in [5.41, 5.74) is 2.59. The second-order valence-corrected chi connectivity index (χ2v) is 6.58. The fraction of sp³-hybridized carbons (Fsp3) is 0.286. The number of piperidine rings is 1. The van der Waals surface area contributed by atoms with Gasteiger partial charge in [-0.3, -0.25) is 14.5 Å². The van der Waals surface area contributed by atoms with Crippen LogP contribution in [0.25, 0.3) is 0 Å². The first kappa shape index (κ1) is 19.4. The Morgan fingerprint density at radius 2 is 1.71 bits per heavy atom. The Labute approximate surface area is 163 Å². The van der Waals surface area contributed by atoms with Gasteiger partial charge in [-0.15, -0.1) is 0 Å². The molecule has 0 atom stereocenters. The highest BCUT2D eigenvalue weighted by atomic mass is 16.5. The van der Waals surface area contributed by atoms with E-state index < -0.39 is 6.09 Å². The van der Waals surface area contributed by atoms with Crippen LogP contribution in [-0.4, -0.2) is 38.6 Å². The Balaban J connectivity index is 1.64. The molecule has 0 saturated carbocycles. The number of benzene rings is 2. The van der Waals surface area contributed by atoms with Crippen LogP contribution in [0.5, 0.6) is 0 Å². The summed E-state index contributed by atoms with van der Waals surface area (Å²) in [6.07, 6.45) is 2.03. The van der Waals surface area contributed by atoms with Gasteiger partial charge in [0.2, 0.25) is 5.91 Å². The summed E-state index contributed by atoms with van der Waals surface area (Å²) in [7, 11) is 2.92. The number of hydrogen-bond acceptors (Lipinski definition) is 4. The van der Waals surface area contributed by atoms with Gasteiger partial charge in [0.05, 0.1) is 7.11 Å². The van der Waals surface area contributed by atoms with Crippen LogP contribution in [0.1, 0.15) is 29.6 Å². The Bertz CT molecular complexity index is 862. The maximum atomic E-state index is 12.5. The Kier molecular flexibility index (Phi) is 5.93. The van der Waals surface area contributed by atoms with Crippen LogP contribution in [0, 0.1) is 0 Å². The normalized spacial score (nSPS) is 13.8. The van der Waals surface area contributed by atoms with Crippen LogP contribution in [0.3, 0.4) is 0 Å². The number of carbonyl (C=O) groups is 3. The van der Waals surface area contributed by atoms with Crippen molar-refractivity contribution >= 4 is 35.0 Å². The number of anilines is 3. The lowest BCUT2D eigenvalue weighted by Gasteiger charge is -2.26. The van der Waals surface area contributed by atoms with Crippen LogP contribution in [0.15, 0.2) is 48.5 Å². The zero-order chi connectivity index (χ0) is 20.1. The van der Waals surface area contributed by atoms with E-state index in [4.69, 9.17) is 0 Å². The largest absolute Gasteiger partial charge is 0.452 e. The summed E-state index contributed by atoms with van der Waals surface area (Å²) in [5, 5.41) is 2.82. The Morgan fingerprint density at radius 1 is 1.04 bits per heavy atom. The topological polar surface area (TPSA) is 79.0 Å². The minimum Gasteiger partial charge on any atom is -0.452 e. The third-order valence-corrected chi connectivity index (χ3v) is 4.73. The lowest BCUT2D eigenvalue weighted by molar-refractivity contribution is -0.119. The van der Waals surface area contributed by atoms with Crippen molar-refractivity contribution in [3.63, 3.8) is 0 Å². The van der Waals surface area contributed by atoms with Crippen LogP contribution >= 0.6 is 0 Å². The van der Waals surface area contributed by atoms with Crippen molar-refractivity contribution in [3.05, 3.63) is 54.1 Å². The first-order valence-electron chi connectivity index (χ1n) is 9.13. The molecule has 0 aliphatic carbocycles. The van der Waals surface area contributed by atoms with Gasteiger partial charge in [0.15, 0.2) is 0 Å². The van der Waals surface area contributed by atoms with Crippen molar-refractivity contribution in [2.24, 2.45) is 0 Å². The van der Waals surface area contributed by atoms with E-state index >= 15 is 0 Å². The molecule has 1 aliphatic heterocycles. The molecule has 1 N–H and O–H groups in total. The van der Waals surface area contributed by atoms with Crippen LogP contribution in [-0.2, 0) is 9.53 Å². The highest BCUT2D eigenvalue weighted by Gasteiger charge is 2.19. The van der Waals surface area contributed by atoms with Gasteiger partial charge in [-0.2, -0.15) is 0 Å². The molecule has 1 heterocycles. The fourth-order valence-electron chi connectivity index (χ4n) is 3.09. The van der Waals surface area contributed by atoms with Crippen molar-refractivity contribution in [2.45, 2.75) is 19.3 Å². The quantitative estimate of drug-likeness (QED) is 0.877. The van der Waals surface area contributed by atoms with Gasteiger partial charge >= 0.3 is 6.09 Å². The summed E-state index contributed by atoms with van der Waals surface area (Å²) in [6, 6.07) is 13.9. The van der Waals surface area contributed by atoms with E-state index in [1.54, 1.807) is 60.5 Å². The number of amides is 3. The average molecular weight is 381 g/mol. The maximum absolute atomic E-state index is 12.5. The summed E-state index contributed by atoms with van der Waals surface area (Å²) in [4.78, 5) is 39.1. The van der Waals surface area contributed by atoms with E-state index in [0.29, 0.717) is 23.4 Å². The molecule has 3 rings (SSSR count). The molecule has 7 nitrogen and oxygen atoms in total. The molecule has 0 bridgehead atoms. The smallest absolute Gasteiger partial charge is 0.413 e. The van der Waals surface area contributed by atoms with E-state index in [0.717, 1.165) is 25.1 Å². The number of nitrogens with zero attached hydrogens (tertiary/aromatic N) is 2. The predicted molar refractivity (Wildman–Crippen MR) is 108 cm³/mol. The highest BCUT2D eigenvalue weighted by molar-refractivity contribution is 6.05. The molecular weight excluding hydrogens is 358 g/mol. The predicted octanol–water partition coefficient (Wildman–Crippen LogP) is 3.66. The van der Waals surface area contributed by atoms with E-state index in [1.807, 2.05) is 0 Å². The molecule has 2 aromatic carbocycles. The monoisotopic (exact) mass is 381 g/mol. The first-order valence-corrected chi connectivity index (χ1v) is 9.13. The van der Waals surface area contributed by atoms with Crippen LogP contribution in [0.4, 0.5) is 21.9 Å². The Morgan fingerprint density at radius 3 is 2.32 bits per heavy atom. The number of ether oxygens (including phenoxy) is 1. The molecule has 0 radical (unpaired) electrons. The molecule has 1 fully saturated rings. The number of nitrogens with one attached hydrogen (secondary N) is 1. The van der Waals surface area contributed by atoms with E-state index in [-0.39, 0.29) is 11.8 Å². The zero-order valence-corrected chi connectivity index (χ0v) is 16.0. The lowest BCUT2D eigenvalue weighted by atomic mass is 10.1. The molecule has 7 heteroatoms. The second-order valence-electron chi connectivity index (χ2n) is 6.58. The van der Waals surface area contributed by atoms with E-state index in [2.05, 4.69) is 10.1 Å². The summed E-state index contributed by atoms with van der Waals surface area (Å²) < 4.78 is 4.67. The molecular formula is C21H23N3O4. The average Bonchev–Trinajstić information content (AvgIpc) is 2.73. The number of hydrogen-bond donors (Lipinski definition) is 1. The van der Waals surface area contributed by atoms with Gasteiger partial charge in [0.25, 0.3) is 5.91 Å². The minimum absolute atomic E-state index is 0.125. The third kappa shape index (κ3) is 4.31. The molecule has 28 heavy (non-hydrogen) atoms. The molecule has 0 spiro atoms. The van der Waals surface area contributed by atoms with Crippen molar-refractivity contribution in [2.75, 3.05) is 35.8 Å². The molecule has 2 aromatic rings. The first-order chi connectivity index (χ1) is 13.5. The standard InChI is InChI=1S/C21H23N3O4/c1-23(21(27)28-2)17-12-8-16(9-13-17)22-20(26)15-6-10-18(11-7-15)24-14-4-3-5-19(24)25/h6-13H,3-5,14H2,1-2H3,(H,22,26). The van der Waals surface area contributed by atoms with Crippen LogP contribution < -0.4 is 15.1 Å². The second kappa shape index (κ2) is 8.56. The summed E-state index contributed by atoms with van der Waals surface area (Å²) in [5.74, 6) is -0.119. The molecule has 1 saturated heterocycles. The summed E-state index contributed by atoms with van der Waals surface area (Å²) in [6.45, 7) is 0.719. The fourth-order valence-corrected chi connectivity index (χ4v) is 3.09. The van der Waals surface area contributed by atoms with E-state index in [9.17, 15) is 14.4 Å². The summed E-state index contributed by atoms with van der Waals surface area (Å²) >= 11 is 0. The lowest BCUT2D eigenvalue weighted by Crippen LogP contribution is -2.35. The highest BCUT2D eigenvalue weighted by Crippen LogP contribution is 2.22. The maximum Gasteiger partial charge on any atom is 0.413 e. The number of carbonyl (C=O) groups excluding carboxylic acids is 3. The SMILES string of the molecule is COC(=O)N(C)c1ccc(NC(=O)c2ccc(N3CCCCC3=O)cc2)cc1. The molecule has 3 amide bonds. The molecule has 1 aliphatic rings. The van der Waals surface area contributed by atoms with Gasteiger partial charge in [-0.1, -0.05) is 0 Å². The van der Waals surface area contributed by atoms with Crippen molar-refractivity contribution < 1.29 is 19.1 Å². The minimum atomic E-state index is -0.468. The van der Waals surface area contributed by atoms with Gasteiger partial charge in [0.1, 0.15) is 0 Å². The van der Waals surface area contributed by atoms with Gasteiger partial charge in [0, 0.05) is 42.6 Å². The van der Waals surface area contributed by atoms with Crippen molar-refractivity contribution in [3.8, 4) is 0 Å². The van der Waals surface area contributed by atoms with E-state index in [1.165, 1.54) is 12.0 Å². The van der Waals surface area contributed by atoms with Gasteiger partial charge in [-0.25, -0.2) is 4.79 Å². The van der Waals surface area contributed by atoms with Gasteiger partial charge in [-0.05, 0) is 61.4 Å². The zero-order valence-electron chi connectivity index (χ0n) is 16.0. The van der Waals surface area contributed by atoms with Gasteiger partial charge < -0.3 is 15.0 Å². The number of methoxy groups -OCH3 is 1. The molecule has 0 aromatic heterocycles. The van der Waals surface area contributed by atoms with Crippen molar-refractivity contribution in [1.82, 2.24) is 0 Å². The Hall–Kier alpha value is -3.35. The van der Waals surface area contributed by atoms with Crippen LogP contribution in [0.2, 0.25) is 0 Å².